The predicted molar refractivity (Wildman–Crippen MR) is 38.6 cm³/mol. The summed E-state index contributed by atoms with van der Waals surface area (Å²) in [6, 6.07) is 0. The second kappa shape index (κ2) is 3.15. The van der Waals surface area contributed by atoms with Crippen LogP contribution in [-0.2, 0) is 4.79 Å². The van der Waals surface area contributed by atoms with E-state index in [-0.39, 0.29) is 5.78 Å². The van der Waals surface area contributed by atoms with Crippen molar-refractivity contribution in [2.24, 2.45) is 5.92 Å². The third-order valence-electron chi connectivity index (χ3n) is 2.18. The van der Waals surface area contributed by atoms with Crippen LogP contribution in [0.25, 0.3) is 0 Å². The quantitative estimate of drug-likeness (QED) is 0.641. The molecule has 0 aromatic heterocycles. The number of aliphatic hydroxyl groups is 1. The van der Waals surface area contributed by atoms with Crippen LogP contribution >= 0.6 is 0 Å². The highest BCUT2D eigenvalue weighted by atomic mass is 16.3. The van der Waals surface area contributed by atoms with E-state index >= 15 is 0 Å². The number of carbonyl (C=O) groups is 1. The molecule has 1 rings (SSSR count). The van der Waals surface area contributed by atoms with E-state index in [9.17, 15) is 4.79 Å². The Morgan fingerprint density at radius 3 is 2.60 bits per heavy atom. The highest BCUT2D eigenvalue weighted by Crippen LogP contribution is 2.29. The van der Waals surface area contributed by atoms with Crippen molar-refractivity contribution in [3.8, 4) is 0 Å². The largest absolute Gasteiger partial charge is 0.386 e. The lowest BCUT2D eigenvalue weighted by Crippen LogP contribution is -2.22. The highest BCUT2D eigenvalue weighted by molar-refractivity contribution is 5.82. The van der Waals surface area contributed by atoms with Crippen molar-refractivity contribution in [1.29, 1.82) is 0 Å². The summed E-state index contributed by atoms with van der Waals surface area (Å²) >= 11 is 0. The van der Waals surface area contributed by atoms with E-state index in [4.69, 9.17) is 5.11 Å². The minimum atomic E-state index is -0.749. The Kier molecular flexibility index (Phi) is 2.44. The zero-order valence-electron chi connectivity index (χ0n) is 6.34. The normalized spacial score (nSPS) is 21.8. The van der Waals surface area contributed by atoms with Crippen LogP contribution < -0.4 is 0 Å². The first-order chi connectivity index (χ1) is 4.70. The van der Waals surface area contributed by atoms with E-state index in [2.05, 4.69) is 0 Å². The minimum absolute atomic E-state index is 0.00435. The van der Waals surface area contributed by atoms with Crippen molar-refractivity contribution in [2.45, 2.75) is 38.7 Å². The van der Waals surface area contributed by atoms with Crippen molar-refractivity contribution in [3.05, 3.63) is 0 Å². The number of Topliss-reactive ketones (excluding diaryl/α,β-unsaturated/α-hetero) is 1. The smallest absolute Gasteiger partial charge is 0.161 e. The molecule has 1 atom stereocenters. The van der Waals surface area contributed by atoms with Crippen LogP contribution in [0.5, 0.6) is 0 Å². The van der Waals surface area contributed by atoms with Gasteiger partial charge in [-0.05, 0) is 12.8 Å². The Morgan fingerprint density at radius 1 is 1.70 bits per heavy atom. The van der Waals surface area contributed by atoms with E-state index < -0.39 is 6.10 Å². The lowest BCUT2D eigenvalue weighted by Gasteiger charge is -2.24. The van der Waals surface area contributed by atoms with Gasteiger partial charge in [0.1, 0.15) is 6.10 Å². The summed E-state index contributed by atoms with van der Waals surface area (Å²) in [6.07, 6.45) is 3.47. The van der Waals surface area contributed by atoms with Gasteiger partial charge in [-0.2, -0.15) is 0 Å². The van der Waals surface area contributed by atoms with E-state index in [1.807, 2.05) is 0 Å². The molecule has 0 bridgehead atoms. The van der Waals surface area contributed by atoms with Crippen molar-refractivity contribution >= 4 is 5.78 Å². The first-order valence-electron chi connectivity index (χ1n) is 3.91. The van der Waals surface area contributed by atoms with E-state index in [0.717, 1.165) is 0 Å². The standard InChI is InChI=1S/C8H14O2/c1-6(9)8(10)5-7-3-2-4-7/h6-7,9H,2-5H2,1H3/t6-/m0/s1. The van der Waals surface area contributed by atoms with Crippen molar-refractivity contribution in [1.82, 2.24) is 0 Å². The maximum atomic E-state index is 10.9. The molecule has 2 nitrogen and oxygen atoms in total. The summed E-state index contributed by atoms with van der Waals surface area (Å²) in [5.41, 5.74) is 0. The molecule has 58 valence electrons. The zero-order chi connectivity index (χ0) is 7.56. The maximum Gasteiger partial charge on any atom is 0.161 e. The lowest BCUT2D eigenvalue weighted by molar-refractivity contribution is -0.127. The second-order valence-electron chi connectivity index (χ2n) is 3.14. The van der Waals surface area contributed by atoms with Crippen LogP contribution in [-0.4, -0.2) is 17.0 Å². The van der Waals surface area contributed by atoms with Gasteiger partial charge >= 0.3 is 0 Å². The Labute approximate surface area is 61.2 Å². The molecule has 1 aliphatic carbocycles. The van der Waals surface area contributed by atoms with Gasteiger partial charge in [0, 0.05) is 6.42 Å². The molecular weight excluding hydrogens is 128 g/mol. The number of aliphatic hydroxyl groups excluding tert-OH is 1. The fourth-order valence-electron chi connectivity index (χ4n) is 1.15. The molecule has 0 spiro atoms. The van der Waals surface area contributed by atoms with E-state index in [1.54, 1.807) is 6.92 Å². The molecule has 0 unspecified atom stereocenters. The highest BCUT2D eigenvalue weighted by Gasteiger charge is 2.22. The van der Waals surface area contributed by atoms with Gasteiger partial charge < -0.3 is 5.11 Å². The van der Waals surface area contributed by atoms with Crippen LogP contribution in [0.2, 0.25) is 0 Å². The molecule has 1 saturated carbocycles. The van der Waals surface area contributed by atoms with Gasteiger partial charge in [-0.1, -0.05) is 19.3 Å². The third kappa shape index (κ3) is 1.81. The third-order valence-corrected chi connectivity index (χ3v) is 2.18. The number of hydrogen-bond donors (Lipinski definition) is 1. The molecule has 0 aliphatic heterocycles. The van der Waals surface area contributed by atoms with Crippen LogP contribution in [0.3, 0.4) is 0 Å². The summed E-state index contributed by atoms with van der Waals surface area (Å²) in [6.45, 7) is 1.54. The Balaban J connectivity index is 2.17. The molecule has 1 N–H and O–H groups in total. The van der Waals surface area contributed by atoms with Gasteiger partial charge in [-0.25, -0.2) is 0 Å². The number of ketones is 1. The Morgan fingerprint density at radius 2 is 2.30 bits per heavy atom. The molecule has 1 aliphatic rings. The molecule has 10 heavy (non-hydrogen) atoms. The first-order valence-corrected chi connectivity index (χ1v) is 3.91. The van der Waals surface area contributed by atoms with Gasteiger partial charge in [0.15, 0.2) is 5.78 Å². The number of carbonyl (C=O) groups excluding carboxylic acids is 1. The van der Waals surface area contributed by atoms with Crippen molar-refractivity contribution < 1.29 is 9.90 Å². The number of rotatable bonds is 3. The minimum Gasteiger partial charge on any atom is -0.386 e. The molecular formula is C8H14O2. The monoisotopic (exact) mass is 142 g/mol. The molecule has 1 fully saturated rings. The molecule has 0 aromatic rings. The van der Waals surface area contributed by atoms with Gasteiger partial charge in [0.05, 0.1) is 0 Å². The Hall–Kier alpha value is -0.370. The SMILES string of the molecule is C[C@H](O)C(=O)CC1CCC1. The summed E-state index contributed by atoms with van der Waals surface area (Å²) in [7, 11) is 0. The topological polar surface area (TPSA) is 37.3 Å². The average Bonchev–Trinajstić information content (AvgIpc) is 1.77. The summed E-state index contributed by atoms with van der Waals surface area (Å²) in [5, 5.41) is 8.84. The van der Waals surface area contributed by atoms with Crippen LogP contribution in [0.4, 0.5) is 0 Å². The van der Waals surface area contributed by atoms with Gasteiger partial charge in [0.2, 0.25) is 0 Å². The molecule has 0 amide bonds. The average molecular weight is 142 g/mol. The zero-order valence-corrected chi connectivity index (χ0v) is 6.34. The predicted octanol–water partition coefficient (Wildman–Crippen LogP) is 1.13. The maximum absolute atomic E-state index is 10.9. The van der Waals surface area contributed by atoms with Crippen LogP contribution in [0, 0.1) is 5.92 Å². The van der Waals surface area contributed by atoms with Gasteiger partial charge in [0.25, 0.3) is 0 Å². The number of hydrogen-bond acceptors (Lipinski definition) is 2. The molecule has 2 heteroatoms. The lowest BCUT2D eigenvalue weighted by atomic mass is 9.81. The van der Waals surface area contributed by atoms with Crippen LogP contribution in [0.15, 0.2) is 0 Å². The van der Waals surface area contributed by atoms with E-state index in [1.165, 1.54) is 19.3 Å². The fraction of sp³-hybridized carbons (Fsp3) is 0.875. The fourth-order valence-corrected chi connectivity index (χ4v) is 1.15. The second-order valence-corrected chi connectivity index (χ2v) is 3.14. The first kappa shape index (κ1) is 7.73. The van der Waals surface area contributed by atoms with Crippen LogP contribution in [0.1, 0.15) is 32.6 Å². The Bertz CT molecular complexity index is 125. The summed E-state index contributed by atoms with van der Waals surface area (Å²) < 4.78 is 0. The summed E-state index contributed by atoms with van der Waals surface area (Å²) in [4.78, 5) is 10.9. The summed E-state index contributed by atoms with van der Waals surface area (Å²) in [5.74, 6) is 0.590. The van der Waals surface area contributed by atoms with Gasteiger partial charge in [-0.15, -0.1) is 0 Å². The van der Waals surface area contributed by atoms with E-state index in [0.29, 0.717) is 12.3 Å². The molecule has 0 saturated heterocycles. The van der Waals surface area contributed by atoms with Gasteiger partial charge in [-0.3, -0.25) is 4.79 Å². The van der Waals surface area contributed by atoms with Crippen molar-refractivity contribution in [3.63, 3.8) is 0 Å². The molecule has 0 aromatic carbocycles. The van der Waals surface area contributed by atoms with Crippen molar-refractivity contribution in [2.75, 3.05) is 0 Å². The molecule has 0 heterocycles. The molecule has 0 radical (unpaired) electrons.